The Morgan fingerprint density at radius 2 is 2.21 bits per heavy atom. The molecule has 0 spiro atoms. The number of nitrogens with zero attached hydrogens (tertiary/aromatic N) is 3. The number of rotatable bonds is 7. The maximum Gasteiger partial charge on any atom is 0.138 e. The van der Waals surface area contributed by atoms with Gasteiger partial charge >= 0.3 is 0 Å². The average Bonchev–Trinajstić information content (AvgIpc) is 3.05. The van der Waals surface area contributed by atoms with Gasteiger partial charge in [0.25, 0.3) is 0 Å². The summed E-state index contributed by atoms with van der Waals surface area (Å²) in [5.41, 5.74) is 0. The molecule has 0 fully saturated rings. The molecule has 0 saturated carbocycles. The van der Waals surface area contributed by atoms with Crippen molar-refractivity contribution in [3.05, 3.63) is 34.0 Å². The van der Waals surface area contributed by atoms with Gasteiger partial charge in [-0.1, -0.05) is 13.8 Å². The third-order valence-electron chi connectivity index (χ3n) is 3.24. The van der Waals surface area contributed by atoms with Crippen molar-refractivity contribution in [1.29, 1.82) is 0 Å². The molecule has 5 heteroatoms. The Morgan fingerprint density at radius 3 is 2.84 bits per heavy atom. The molecule has 2 heterocycles. The fraction of sp³-hybridized carbons (Fsp3) is 0.571. The van der Waals surface area contributed by atoms with Crippen molar-refractivity contribution >= 4 is 11.3 Å². The number of thiophene rings is 1. The van der Waals surface area contributed by atoms with Crippen LogP contribution in [0.4, 0.5) is 0 Å². The average molecular weight is 278 g/mol. The van der Waals surface area contributed by atoms with Crippen molar-refractivity contribution < 1.29 is 0 Å². The van der Waals surface area contributed by atoms with Crippen LogP contribution in [0.1, 0.15) is 41.9 Å². The molecule has 0 aliphatic heterocycles. The summed E-state index contributed by atoms with van der Waals surface area (Å²) in [7, 11) is 2.01. The monoisotopic (exact) mass is 278 g/mol. The Balaban J connectivity index is 2.12. The molecule has 0 radical (unpaired) electrons. The Morgan fingerprint density at radius 1 is 1.37 bits per heavy atom. The van der Waals surface area contributed by atoms with Crippen LogP contribution in [-0.2, 0) is 19.4 Å². The number of hydrogen-bond donors (Lipinski definition) is 1. The van der Waals surface area contributed by atoms with Gasteiger partial charge in [-0.15, -0.1) is 11.3 Å². The fourth-order valence-corrected chi connectivity index (χ4v) is 3.21. The third-order valence-corrected chi connectivity index (χ3v) is 4.58. The van der Waals surface area contributed by atoms with Gasteiger partial charge in [0.1, 0.15) is 12.2 Å². The zero-order chi connectivity index (χ0) is 13.7. The van der Waals surface area contributed by atoms with Gasteiger partial charge in [0.15, 0.2) is 0 Å². The van der Waals surface area contributed by atoms with E-state index in [0.717, 1.165) is 31.6 Å². The number of aromatic nitrogens is 3. The molecule has 0 bridgehead atoms. The molecule has 2 aromatic heterocycles. The molecule has 0 aliphatic carbocycles. The van der Waals surface area contributed by atoms with Crippen LogP contribution in [0, 0.1) is 0 Å². The van der Waals surface area contributed by atoms with Crippen LogP contribution in [0.25, 0.3) is 0 Å². The minimum atomic E-state index is 0.324. The molecule has 0 amide bonds. The van der Waals surface area contributed by atoms with Crippen LogP contribution in [0.3, 0.4) is 0 Å². The number of hydrogen-bond acceptors (Lipinski definition) is 4. The molecule has 0 aliphatic rings. The number of aryl methyl sites for hydroxylation is 2. The predicted octanol–water partition coefficient (Wildman–Crippen LogP) is 2.82. The smallest absolute Gasteiger partial charge is 0.138 e. The normalized spacial score (nSPS) is 12.8. The summed E-state index contributed by atoms with van der Waals surface area (Å²) in [5.74, 6) is 1.06. The molecular formula is C14H22N4S. The second kappa shape index (κ2) is 6.82. The number of likely N-dealkylation sites (N-methyl/N-ethyl adjacent to an activating group) is 1. The maximum absolute atomic E-state index is 4.39. The standard InChI is InChI=1S/C14H22N4S/c1-4-8-18-14(16-10-17-18)9-12(15-3)13-7-6-11(5-2)19-13/h6-7,10,12,15H,4-5,8-9H2,1-3H3. The lowest BCUT2D eigenvalue weighted by atomic mass is 10.1. The van der Waals surface area contributed by atoms with Gasteiger partial charge < -0.3 is 5.32 Å². The predicted molar refractivity (Wildman–Crippen MR) is 79.5 cm³/mol. The highest BCUT2D eigenvalue weighted by atomic mass is 32.1. The van der Waals surface area contributed by atoms with Crippen molar-refractivity contribution in [2.75, 3.05) is 7.05 Å². The van der Waals surface area contributed by atoms with Gasteiger partial charge in [-0.3, -0.25) is 4.68 Å². The zero-order valence-electron chi connectivity index (χ0n) is 11.9. The summed E-state index contributed by atoms with van der Waals surface area (Å²) >= 11 is 1.89. The third kappa shape index (κ3) is 3.42. The summed E-state index contributed by atoms with van der Waals surface area (Å²) in [5, 5.41) is 7.68. The van der Waals surface area contributed by atoms with Gasteiger partial charge in [0.05, 0.1) is 0 Å². The van der Waals surface area contributed by atoms with Crippen LogP contribution < -0.4 is 5.32 Å². The van der Waals surface area contributed by atoms with Crippen LogP contribution in [0.2, 0.25) is 0 Å². The van der Waals surface area contributed by atoms with Crippen molar-refractivity contribution in [3.63, 3.8) is 0 Å². The SMILES string of the molecule is CCCn1ncnc1CC(NC)c1ccc(CC)s1. The van der Waals surface area contributed by atoms with E-state index >= 15 is 0 Å². The van der Waals surface area contributed by atoms with Gasteiger partial charge in [-0.05, 0) is 32.0 Å². The van der Waals surface area contributed by atoms with Gasteiger partial charge in [-0.25, -0.2) is 4.98 Å². The second-order valence-electron chi connectivity index (χ2n) is 4.60. The van der Waals surface area contributed by atoms with E-state index in [2.05, 4.69) is 41.4 Å². The Hall–Kier alpha value is -1.20. The summed E-state index contributed by atoms with van der Waals surface area (Å²) in [6.45, 7) is 5.30. The molecule has 0 saturated heterocycles. The summed E-state index contributed by atoms with van der Waals surface area (Å²) < 4.78 is 2.01. The van der Waals surface area contributed by atoms with E-state index in [1.807, 2.05) is 23.1 Å². The largest absolute Gasteiger partial charge is 0.312 e. The van der Waals surface area contributed by atoms with Crippen molar-refractivity contribution in [2.24, 2.45) is 0 Å². The first-order chi connectivity index (χ1) is 9.28. The second-order valence-corrected chi connectivity index (χ2v) is 5.80. The van der Waals surface area contributed by atoms with E-state index in [0.29, 0.717) is 6.04 Å². The zero-order valence-corrected chi connectivity index (χ0v) is 12.7. The lowest BCUT2D eigenvalue weighted by Gasteiger charge is -2.14. The van der Waals surface area contributed by atoms with E-state index in [9.17, 15) is 0 Å². The highest BCUT2D eigenvalue weighted by molar-refractivity contribution is 7.12. The lowest BCUT2D eigenvalue weighted by Crippen LogP contribution is -2.20. The first-order valence-corrected chi connectivity index (χ1v) is 7.72. The molecule has 104 valence electrons. The van der Waals surface area contributed by atoms with Crippen molar-refractivity contribution in [1.82, 2.24) is 20.1 Å². The van der Waals surface area contributed by atoms with E-state index in [1.165, 1.54) is 9.75 Å². The highest BCUT2D eigenvalue weighted by Gasteiger charge is 2.15. The lowest BCUT2D eigenvalue weighted by molar-refractivity contribution is 0.521. The molecule has 1 unspecified atom stereocenters. The van der Waals surface area contributed by atoms with E-state index in [4.69, 9.17) is 0 Å². The maximum atomic E-state index is 4.39. The molecule has 4 nitrogen and oxygen atoms in total. The van der Waals surface area contributed by atoms with Crippen LogP contribution in [0.15, 0.2) is 18.5 Å². The van der Waals surface area contributed by atoms with Gasteiger partial charge in [0.2, 0.25) is 0 Å². The van der Waals surface area contributed by atoms with E-state index < -0.39 is 0 Å². The molecule has 0 aromatic carbocycles. The molecule has 2 aromatic rings. The molecular weight excluding hydrogens is 256 g/mol. The van der Waals surface area contributed by atoms with E-state index in [-0.39, 0.29) is 0 Å². The topological polar surface area (TPSA) is 42.7 Å². The molecule has 19 heavy (non-hydrogen) atoms. The van der Waals surface area contributed by atoms with Crippen LogP contribution in [-0.4, -0.2) is 21.8 Å². The minimum absolute atomic E-state index is 0.324. The minimum Gasteiger partial charge on any atom is -0.312 e. The quantitative estimate of drug-likeness (QED) is 0.847. The van der Waals surface area contributed by atoms with Crippen molar-refractivity contribution in [2.45, 2.75) is 45.7 Å². The summed E-state index contributed by atoms with van der Waals surface area (Å²) in [6.07, 6.45) is 4.73. The van der Waals surface area contributed by atoms with Crippen LogP contribution >= 0.6 is 11.3 Å². The van der Waals surface area contributed by atoms with Gasteiger partial charge in [-0.2, -0.15) is 5.10 Å². The first kappa shape index (κ1) is 14.2. The molecule has 2 rings (SSSR count). The van der Waals surface area contributed by atoms with Gasteiger partial charge in [0, 0.05) is 28.8 Å². The summed E-state index contributed by atoms with van der Waals surface area (Å²) in [6, 6.07) is 4.77. The van der Waals surface area contributed by atoms with E-state index in [1.54, 1.807) is 6.33 Å². The van der Waals surface area contributed by atoms with Crippen molar-refractivity contribution in [3.8, 4) is 0 Å². The fourth-order valence-electron chi connectivity index (χ4n) is 2.14. The Kier molecular flexibility index (Phi) is 5.10. The molecule has 1 atom stereocenters. The first-order valence-electron chi connectivity index (χ1n) is 6.91. The molecule has 1 N–H and O–H groups in total. The summed E-state index contributed by atoms with van der Waals surface area (Å²) in [4.78, 5) is 7.21. The highest BCUT2D eigenvalue weighted by Crippen LogP contribution is 2.25. The number of nitrogens with one attached hydrogen (secondary N) is 1. The van der Waals surface area contributed by atoms with Crippen LogP contribution in [0.5, 0.6) is 0 Å². The Labute approximate surface area is 118 Å². The Bertz CT molecular complexity index is 503.